The van der Waals surface area contributed by atoms with Crippen LogP contribution in [-0.2, 0) is 6.42 Å². The van der Waals surface area contributed by atoms with Crippen molar-refractivity contribution < 1.29 is 0 Å². The van der Waals surface area contributed by atoms with E-state index in [0.29, 0.717) is 0 Å². The number of nitriles is 1. The lowest BCUT2D eigenvalue weighted by atomic mass is 9.92. The summed E-state index contributed by atoms with van der Waals surface area (Å²) in [6.07, 6.45) is 3.24. The highest BCUT2D eigenvalue weighted by Crippen LogP contribution is 2.29. The minimum absolute atomic E-state index is 0.239. The molecule has 2 rings (SSSR count). The summed E-state index contributed by atoms with van der Waals surface area (Å²) in [6.45, 7) is 5.05. The smallest absolute Gasteiger partial charge is 0.179 e. The fraction of sp³-hybridized carbons (Fsp3) is 0.417. The Morgan fingerprint density at radius 1 is 1.50 bits per heavy atom. The Morgan fingerprint density at radius 2 is 2.29 bits per heavy atom. The number of aryl methyl sites for hydroxylation is 1. The molecule has 0 saturated carbocycles. The molecule has 0 spiro atoms. The van der Waals surface area contributed by atoms with Gasteiger partial charge in [0.2, 0.25) is 0 Å². The van der Waals surface area contributed by atoms with Gasteiger partial charge in [-0.2, -0.15) is 5.26 Å². The molecule has 72 valence electrons. The third-order valence-electron chi connectivity index (χ3n) is 2.97. The molecular weight excluding hydrogens is 172 g/mol. The van der Waals surface area contributed by atoms with Gasteiger partial charge in [-0.05, 0) is 31.4 Å². The summed E-state index contributed by atoms with van der Waals surface area (Å²) in [5.41, 5.74) is 3.99. The molecule has 0 radical (unpaired) electrons. The molecule has 2 heteroatoms. The van der Waals surface area contributed by atoms with Crippen LogP contribution >= 0.6 is 0 Å². The van der Waals surface area contributed by atoms with Crippen LogP contribution in [-0.4, -0.2) is 11.4 Å². The van der Waals surface area contributed by atoms with Crippen molar-refractivity contribution in [3.05, 3.63) is 34.9 Å². The van der Waals surface area contributed by atoms with Crippen LogP contribution in [0.4, 0.5) is 0 Å². The van der Waals surface area contributed by atoms with Crippen molar-refractivity contribution in [1.82, 2.24) is 4.90 Å². The Hall–Kier alpha value is -1.49. The van der Waals surface area contributed by atoms with Crippen LogP contribution in [0.15, 0.2) is 18.2 Å². The maximum atomic E-state index is 8.93. The molecule has 14 heavy (non-hydrogen) atoms. The predicted octanol–water partition coefficient (Wildman–Crippen LogP) is 2.40. The summed E-state index contributed by atoms with van der Waals surface area (Å²) in [5, 5.41) is 8.93. The van der Waals surface area contributed by atoms with Crippen molar-refractivity contribution in [3.8, 4) is 6.19 Å². The Morgan fingerprint density at radius 3 is 3.00 bits per heavy atom. The summed E-state index contributed by atoms with van der Waals surface area (Å²) in [4.78, 5) is 1.85. The number of nitrogens with zero attached hydrogens (tertiary/aromatic N) is 2. The molecule has 1 aliphatic rings. The SMILES string of the molecule is Cc1ccc2c(c1)C(C)N(C#N)CC2. The van der Waals surface area contributed by atoms with E-state index in [1.807, 2.05) is 4.90 Å². The van der Waals surface area contributed by atoms with Gasteiger partial charge < -0.3 is 4.90 Å². The highest BCUT2D eigenvalue weighted by Gasteiger charge is 2.22. The second-order valence-corrected chi connectivity index (χ2v) is 3.92. The monoisotopic (exact) mass is 186 g/mol. The van der Waals surface area contributed by atoms with E-state index >= 15 is 0 Å². The quantitative estimate of drug-likeness (QED) is 0.582. The summed E-state index contributed by atoms with van der Waals surface area (Å²) >= 11 is 0. The number of hydrogen-bond acceptors (Lipinski definition) is 2. The second-order valence-electron chi connectivity index (χ2n) is 3.92. The van der Waals surface area contributed by atoms with Gasteiger partial charge in [-0.15, -0.1) is 0 Å². The van der Waals surface area contributed by atoms with Gasteiger partial charge in [0.15, 0.2) is 6.19 Å². The largest absolute Gasteiger partial charge is 0.303 e. The maximum absolute atomic E-state index is 8.93. The molecule has 1 aliphatic heterocycles. The normalized spacial score (nSPS) is 20.1. The summed E-state index contributed by atoms with van der Waals surface area (Å²) in [5.74, 6) is 0. The lowest BCUT2D eigenvalue weighted by Gasteiger charge is -2.31. The standard InChI is InChI=1S/C12H14N2/c1-9-3-4-11-5-6-14(8-13)10(2)12(11)7-9/h3-4,7,10H,5-6H2,1-2H3. The van der Waals surface area contributed by atoms with Gasteiger partial charge in [-0.25, -0.2) is 0 Å². The average Bonchev–Trinajstić information content (AvgIpc) is 2.20. The zero-order valence-corrected chi connectivity index (χ0v) is 8.62. The van der Waals surface area contributed by atoms with Crippen LogP contribution < -0.4 is 0 Å². The van der Waals surface area contributed by atoms with Crippen LogP contribution in [0.2, 0.25) is 0 Å². The van der Waals surface area contributed by atoms with Gasteiger partial charge >= 0.3 is 0 Å². The third kappa shape index (κ3) is 1.35. The van der Waals surface area contributed by atoms with Gasteiger partial charge in [-0.3, -0.25) is 0 Å². The van der Waals surface area contributed by atoms with E-state index in [0.717, 1.165) is 13.0 Å². The van der Waals surface area contributed by atoms with Crippen LogP contribution in [0.1, 0.15) is 29.7 Å². The number of hydrogen-bond donors (Lipinski definition) is 0. The maximum Gasteiger partial charge on any atom is 0.179 e. The number of rotatable bonds is 0. The first kappa shape index (κ1) is 9.08. The van der Waals surface area contributed by atoms with Crippen molar-refractivity contribution in [2.75, 3.05) is 6.54 Å². The molecule has 0 amide bonds. The van der Waals surface area contributed by atoms with E-state index in [9.17, 15) is 0 Å². The molecule has 0 fully saturated rings. The molecule has 2 nitrogen and oxygen atoms in total. The molecule has 1 aromatic rings. The van der Waals surface area contributed by atoms with Crippen LogP contribution in [0.5, 0.6) is 0 Å². The molecule has 1 heterocycles. The summed E-state index contributed by atoms with van der Waals surface area (Å²) < 4.78 is 0. The molecule has 1 atom stereocenters. The Labute approximate surface area is 84.8 Å². The number of benzene rings is 1. The zero-order valence-electron chi connectivity index (χ0n) is 8.62. The van der Waals surface area contributed by atoms with Crippen LogP contribution in [0.25, 0.3) is 0 Å². The van der Waals surface area contributed by atoms with Gasteiger partial charge in [0.05, 0.1) is 6.04 Å². The second kappa shape index (κ2) is 3.34. The van der Waals surface area contributed by atoms with Crippen molar-refractivity contribution in [3.63, 3.8) is 0 Å². The molecule has 1 unspecified atom stereocenters. The van der Waals surface area contributed by atoms with E-state index < -0.39 is 0 Å². The third-order valence-corrected chi connectivity index (χ3v) is 2.97. The fourth-order valence-corrected chi connectivity index (χ4v) is 2.07. The van der Waals surface area contributed by atoms with Gasteiger partial charge in [0.1, 0.15) is 0 Å². The van der Waals surface area contributed by atoms with E-state index in [4.69, 9.17) is 5.26 Å². The van der Waals surface area contributed by atoms with Crippen LogP contribution in [0, 0.1) is 18.4 Å². The first-order valence-electron chi connectivity index (χ1n) is 4.98. The molecule has 0 N–H and O–H groups in total. The topological polar surface area (TPSA) is 27.0 Å². The minimum Gasteiger partial charge on any atom is -0.303 e. The predicted molar refractivity (Wildman–Crippen MR) is 55.6 cm³/mol. The van der Waals surface area contributed by atoms with Gasteiger partial charge in [-0.1, -0.05) is 23.8 Å². The van der Waals surface area contributed by atoms with Crippen molar-refractivity contribution in [1.29, 1.82) is 5.26 Å². The number of fused-ring (bicyclic) bond motifs is 1. The van der Waals surface area contributed by atoms with Crippen molar-refractivity contribution in [2.45, 2.75) is 26.3 Å². The van der Waals surface area contributed by atoms with Crippen LogP contribution in [0.3, 0.4) is 0 Å². The van der Waals surface area contributed by atoms with E-state index in [2.05, 4.69) is 38.2 Å². The van der Waals surface area contributed by atoms with E-state index in [1.165, 1.54) is 16.7 Å². The first-order valence-corrected chi connectivity index (χ1v) is 4.98. The molecule has 0 aromatic heterocycles. The highest BCUT2D eigenvalue weighted by atomic mass is 15.1. The molecule has 1 aromatic carbocycles. The van der Waals surface area contributed by atoms with Crippen molar-refractivity contribution >= 4 is 0 Å². The summed E-state index contributed by atoms with van der Waals surface area (Å²) in [7, 11) is 0. The lowest BCUT2D eigenvalue weighted by molar-refractivity contribution is 0.296. The fourth-order valence-electron chi connectivity index (χ4n) is 2.07. The van der Waals surface area contributed by atoms with E-state index in [1.54, 1.807) is 0 Å². The Balaban J connectivity index is 2.44. The van der Waals surface area contributed by atoms with E-state index in [-0.39, 0.29) is 6.04 Å². The average molecular weight is 186 g/mol. The van der Waals surface area contributed by atoms with Gasteiger partial charge in [0.25, 0.3) is 0 Å². The minimum atomic E-state index is 0.239. The molecule has 0 aliphatic carbocycles. The molecule has 0 bridgehead atoms. The molecule has 0 saturated heterocycles. The Bertz CT molecular complexity index is 390. The lowest BCUT2D eigenvalue weighted by Crippen LogP contribution is -2.29. The Kier molecular flexibility index (Phi) is 2.17. The van der Waals surface area contributed by atoms with Crippen molar-refractivity contribution in [2.24, 2.45) is 0 Å². The summed E-state index contributed by atoms with van der Waals surface area (Å²) in [6, 6.07) is 6.77. The molecular formula is C12H14N2. The zero-order chi connectivity index (χ0) is 10.1. The first-order chi connectivity index (χ1) is 6.72. The van der Waals surface area contributed by atoms with Gasteiger partial charge in [0, 0.05) is 6.54 Å². The highest BCUT2D eigenvalue weighted by molar-refractivity contribution is 5.36.